The molecule has 7 heteroatoms. The molecular formula is C17H12ClN5O. The Balaban J connectivity index is 1.57. The molecule has 6 nitrogen and oxygen atoms in total. The Bertz CT molecular complexity index is 1020. The minimum atomic E-state index is -0.282. The summed E-state index contributed by atoms with van der Waals surface area (Å²) in [4.78, 5) is 19.4. The van der Waals surface area contributed by atoms with Gasteiger partial charge in [0.05, 0.1) is 5.69 Å². The Hall–Kier alpha value is -3.12. The smallest absolute Gasteiger partial charge is 0.273 e. The molecule has 3 heterocycles. The SMILES string of the molecule is O=C(Nc1cc(-c2ccncc2)[nH]n1)c1cc2c(Cl)cccc2[nH]1. The first-order chi connectivity index (χ1) is 11.7. The maximum Gasteiger partial charge on any atom is 0.273 e. The van der Waals surface area contributed by atoms with Gasteiger partial charge < -0.3 is 10.3 Å². The number of benzene rings is 1. The average molecular weight is 338 g/mol. The Morgan fingerprint density at radius 1 is 1.12 bits per heavy atom. The molecule has 0 fully saturated rings. The second-order valence-electron chi connectivity index (χ2n) is 5.24. The highest BCUT2D eigenvalue weighted by molar-refractivity contribution is 6.35. The maximum atomic E-state index is 12.4. The van der Waals surface area contributed by atoms with Crippen LogP contribution in [0.4, 0.5) is 5.82 Å². The highest BCUT2D eigenvalue weighted by Gasteiger charge is 2.13. The first-order valence-electron chi connectivity index (χ1n) is 7.25. The second kappa shape index (κ2) is 5.82. The van der Waals surface area contributed by atoms with E-state index in [1.807, 2.05) is 24.3 Å². The molecule has 1 aromatic carbocycles. The molecular weight excluding hydrogens is 326 g/mol. The molecule has 0 saturated heterocycles. The lowest BCUT2D eigenvalue weighted by atomic mass is 10.2. The number of aromatic amines is 2. The van der Waals surface area contributed by atoms with Crippen LogP contribution in [-0.2, 0) is 0 Å². The van der Waals surface area contributed by atoms with E-state index in [-0.39, 0.29) is 5.91 Å². The van der Waals surface area contributed by atoms with Gasteiger partial charge in [-0.25, -0.2) is 0 Å². The van der Waals surface area contributed by atoms with Gasteiger partial charge in [-0.2, -0.15) is 5.10 Å². The molecule has 0 aliphatic heterocycles. The molecule has 0 saturated carbocycles. The summed E-state index contributed by atoms with van der Waals surface area (Å²) in [5.74, 6) is 0.159. The molecule has 24 heavy (non-hydrogen) atoms. The van der Waals surface area contributed by atoms with Crippen LogP contribution in [0.3, 0.4) is 0 Å². The van der Waals surface area contributed by atoms with E-state index in [4.69, 9.17) is 11.6 Å². The number of pyridine rings is 1. The molecule has 3 N–H and O–H groups in total. The van der Waals surface area contributed by atoms with Crippen molar-refractivity contribution in [1.82, 2.24) is 20.2 Å². The van der Waals surface area contributed by atoms with Crippen molar-refractivity contribution in [3.05, 3.63) is 65.6 Å². The number of halogens is 1. The summed E-state index contributed by atoms with van der Waals surface area (Å²) in [5, 5.41) is 11.2. The van der Waals surface area contributed by atoms with E-state index >= 15 is 0 Å². The third kappa shape index (κ3) is 2.63. The maximum absolute atomic E-state index is 12.4. The molecule has 0 bridgehead atoms. The second-order valence-corrected chi connectivity index (χ2v) is 5.65. The van der Waals surface area contributed by atoms with Crippen LogP contribution in [0.5, 0.6) is 0 Å². The van der Waals surface area contributed by atoms with Crippen LogP contribution in [-0.4, -0.2) is 26.1 Å². The van der Waals surface area contributed by atoms with Crippen molar-refractivity contribution >= 4 is 34.2 Å². The van der Waals surface area contributed by atoms with E-state index in [1.54, 1.807) is 30.6 Å². The minimum Gasteiger partial charge on any atom is -0.350 e. The minimum absolute atomic E-state index is 0.282. The summed E-state index contributed by atoms with van der Waals surface area (Å²) >= 11 is 6.13. The van der Waals surface area contributed by atoms with E-state index < -0.39 is 0 Å². The fourth-order valence-electron chi connectivity index (χ4n) is 2.49. The zero-order chi connectivity index (χ0) is 16.5. The molecule has 4 aromatic rings. The molecule has 118 valence electrons. The lowest BCUT2D eigenvalue weighted by Crippen LogP contribution is -2.12. The summed E-state index contributed by atoms with van der Waals surface area (Å²) in [6, 6.07) is 12.7. The quantitative estimate of drug-likeness (QED) is 0.530. The third-order valence-electron chi connectivity index (χ3n) is 3.67. The van der Waals surface area contributed by atoms with Gasteiger partial charge in [0.15, 0.2) is 5.82 Å². The fraction of sp³-hybridized carbons (Fsp3) is 0. The van der Waals surface area contributed by atoms with Crippen molar-refractivity contribution in [2.24, 2.45) is 0 Å². The molecule has 0 unspecified atom stereocenters. The van der Waals surface area contributed by atoms with Crippen molar-refractivity contribution in [3.63, 3.8) is 0 Å². The number of nitrogens with one attached hydrogen (secondary N) is 3. The molecule has 3 aromatic heterocycles. The number of amides is 1. The zero-order valence-electron chi connectivity index (χ0n) is 12.4. The van der Waals surface area contributed by atoms with Crippen LogP contribution in [0.2, 0.25) is 5.02 Å². The van der Waals surface area contributed by atoms with Gasteiger partial charge >= 0.3 is 0 Å². The van der Waals surface area contributed by atoms with E-state index in [0.29, 0.717) is 16.5 Å². The fourth-order valence-corrected chi connectivity index (χ4v) is 2.72. The van der Waals surface area contributed by atoms with Gasteiger partial charge in [-0.1, -0.05) is 17.7 Å². The lowest BCUT2D eigenvalue weighted by molar-refractivity contribution is 0.102. The predicted molar refractivity (Wildman–Crippen MR) is 93.1 cm³/mol. The van der Waals surface area contributed by atoms with Crippen LogP contribution in [0, 0.1) is 0 Å². The molecule has 1 amide bonds. The number of rotatable bonds is 3. The zero-order valence-corrected chi connectivity index (χ0v) is 13.1. The van der Waals surface area contributed by atoms with Gasteiger partial charge in [-0.3, -0.25) is 14.9 Å². The monoisotopic (exact) mass is 337 g/mol. The predicted octanol–water partition coefficient (Wildman–Crippen LogP) is 3.86. The molecule has 0 aliphatic carbocycles. The van der Waals surface area contributed by atoms with Crippen molar-refractivity contribution in [2.75, 3.05) is 5.32 Å². The number of carbonyl (C=O) groups is 1. The molecule has 0 atom stereocenters. The van der Waals surface area contributed by atoms with Gasteiger partial charge in [-0.15, -0.1) is 0 Å². The highest BCUT2D eigenvalue weighted by Crippen LogP contribution is 2.24. The number of H-pyrrole nitrogens is 2. The van der Waals surface area contributed by atoms with Gasteiger partial charge in [0.25, 0.3) is 5.91 Å². The number of hydrogen-bond acceptors (Lipinski definition) is 3. The van der Waals surface area contributed by atoms with Crippen molar-refractivity contribution in [2.45, 2.75) is 0 Å². The first kappa shape index (κ1) is 14.5. The molecule has 0 radical (unpaired) electrons. The number of fused-ring (bicyclic) bond motifs is 1. The topological polar surface area (TPSA) is 86.5 Å². The van der Waals surface area contributed by atoms with Crippen LogP contribution >= 0.6 is 11.6 Å². The molecule has 0 spiro atoms. The van der Waals surface area contributed by atoms with E-state index in [0.717, 1.165) is 22.2 Å². The summed E-state index contributed by atoms with van der Waals surface area (Å²) in [7, 11) is 0. The normalized spacial score (nSPS) is 10.9. The van der Waals surface area contributed by atoms with Gasteiger partial charge in [0.2, 0.25) is 0 Å². The number of carbonyl (C=O) groups excluding carboxylic acids is 1. The summed E-state index contributed by atoms with van der Waals surface area (Å²) < 4.78 is 0. The van der Waals surface area contributed by atoms with Crippen LogP contribution < -0.4 is 5.32 Å². The van der Waals surface area contributed by atoms with Gasteiger partial charge in [0, 0.05) is 39.9 Å². The molecule has 4 rings (SSSR count). The standard InChI is InChI=1S/C17H12ClN5O/c18-12-2-1-3-13-11(12)8-15(20-13)17(24)21-16-9-14(22-23-16)10-4-6-19-7-5-10/h1-9,20H,(H2,21,22,23,24). The number of nitrogens with zero attached hydrogens (tertiary/aromatic N) is 2. The van der Waals surface area contributed by atoms with Gasteiger partial charge in [0.1, 0.15) is 5.69 Å². The van der Waals surface area contributed by atoms with E-state index in [9.17, 15) is 4.79 Å². The summed E-state index contributed by atoms with van der Waals surface area (Å²) in [6.45, 7) is 0. The first-order valence-corrected chi connectivity index (χ1v) is 7.63. The average Bonchev–Trinajstić information content (AvgIpc) is 3.23. The van der Waals surface area contributed by atoms with Crippen LogP contribution in [0.15, 0.2) is 54.9 Å². The Labute approximate surface area is 141 Å². The third-order valence-corrected chi connectivity index (χ3v) is 4.00. The van der Waals surface area contributed by atoms with Gasteiger partial charge in [-0.05, 0) is 30.3 Å². The Kier molecular flexibility index (Phi) is 3.51. The van der Waals surface area contributed by atoms with Crippen molar-refractivity contribution in [3.8, 4) is 11.3 Å². The van der Waals surface area contributed by atoms with Crippen molar-refractivity contribution < 1.29 is 4.79 Å². The number of anilines is 1. The van der Waals surface area contributed by atoms with E-state index in [2.05, 4.69) is 25.5 Å². The highest BCUT2D eigenvalue weighted by atomic mass is 35.5. The number of aromatic nitrogens is 4. The number of hydrogen-bond donors (Lipinski definition) is 3. The summed E-state index contributed by atoms with van der Waals surface area (Å²) in [6.07, 6.45) is 3.39. The van der Waals surface area contributed by atoms with Crippen LogP contribution in [0.1, 0.15) is 10.5 Å². The largest absolute Gasteiger partial charge is 0.350 e. The van der Waals surface area contributed by atoms with Crippen LogP contribution in [0.25, 0.3) is 22.2 Å². The van der Waals surface area contributed by atoms with E-state index in [1.165, 1.54) is 0 Å². The Morgan fingerprint density at radius 3 is 2.75 bits per heavy atom. The lowest BCUT2D eigenvalue weighted by Gasteiger charge is -1.98. The van der Waals surface area contributed by atoms with Crippen molar-refractivity contribution in [1.29, 1.82) is 0 Å². The summed E-state index contributed by atoms with van der Waals surface area (Å²) in [5.41, 5.74) is 2.97. The Morgan fingerprint density at radius 2 is 1.96 bits per heavy atom. The molecule has 0 aliphatic rings.